The van der Waals surface area contributed by atoms with Crippen LogP contribution in [0.4, 0.5) is 0 Å². The number of hydrogen-bond donors (Lipinski definition) is 1. The summed E-state index contributed by atoms with van der Waals surface area (Å²) < 4.78 is 12.1. The summed E-state index contributed by atoms with van der Waals surface area (Å²) in [5, 5.41) is 22.5. The van der Waals surface area contributed by atoms with Gasteiger partial charge in [0, 0.05) is 12.5 Å². The number of rotatable bonds is 10. The second-order valence-corrected chi connectivity index (χ2v) is 7.72. The van der Waals surface area contributed by atoms with Gasteiger partial charge in [0.25, 0.3) is 0 Å². The minimum absolute atomic E-state index is 0.0701. The molecule has 1 N–H and O–H groups in total. The molecule has 1 atom stereocenters. The number of thiophene rings is 1. The van der Waals surface area contributed by atoms with Crippen molar-refractivity contribution in [1.82, 2.24) is 0 Å². The molecule has 3 aromatic rings. The van der Waals surface area contributed by atoms with Crippen molar-refractivity contribution in [2.45, 2.75) is 38.9 Å². The van der Waals surface area contributed by atoms with E-state index in [0.717, 1.165) is 16.7 Å². The molecule has 6 heteroatoms. The zero-order valence-corrected chi connectivity index (χ0v) is 17.5. The van der Waals surface area contributed by atoms with E-state index in [9.17, 15) is 10.1 Å². The summed E-state index contributed by atoms with van der Waals surface area (Å²) in [7, 11) is 0. The third-order valence-corrected chi connectivity index (χ3v) is 5.45. The summed E-state index contributed by atoms with van der Waals surface area (Å²) in [4.78, 5) is 11.0. The first-order chi connectivity index (χ1) is 14.6. The van der Waals surface area contributed by atoms with E-state index < -0.39 is 5.97 Å². The Bertz CT molecular complexity index is 1020. The molecule has 1 heterocycles. The quantitative estimate of drug-likeness (QED) is 0.442. The Morgan fingerprint density at radius 1 is 1.23 bits per heavy atom. The van der Waals surface area contributed by atoms with Gasteiger partial charge in [-0.2, -0.15) is 16.6 Å². The molecule has 0 spiro atoms. The lowest BCUT2D eigenvalue weighted by Gasteiger charge is -2.22. The van der Waals surface area contributed by atoms with Gasteiger partial charge in [0.1, 0.15) is 30.3 Å². The van der Waals surface area contributed by atoms with Gasteiger partial charge in [-0.3, -0.25) is 4.79 Å². The second kappa shape index (κ2) is 10.5. The number of aliphatic carboxylic acids is 1. The maximum atomic E-state index is 11.0. The molecule has 2 aromatic carbocycles. The Labute approximate surface area is 180 Å². The summed E-state index contributed by atoms with van der Waals surface area (Å²) in [6, 6.07) is 17.2. The van der Waals surface area contributed by atoms with Crippen LogP contribution in [0.2, 0.25) is 0 Å². The van der Waals surface area contributed by atoms with E-state index in [0.29, 0.717) is 36.5 Å². The molecule has 0 radical (unpaired) electrons. The van der Waals surface area contributed by atoms with Crippen LogP contribution in [-0.4, -0.2) is 11.1 Å². The number of benzene rings is 2. The summed E-state index contributed by atoms with van der Waals surface area (Å²) in [5.41, 5.74) is 3.53. The average Bonchev–Trinajstić information content (AvgIpc) is 3.25. The monoisotopic (exact) mass is 421 g/mol. The minimum atomic E-state index is -0.833. The van der Waals surface area contributed by atoms with E-state index in [1.54, 1.807) is 29.5 Å². The fourth-order valence-electron chi connectivity index (χ4n) is 3.14. The van der Waals surface area contributed by atoms with Crippen molar-refractivity contribution in [3.05, 3.63) is 81.5 Å². The summed E-state index contributed by atoms with van der Waals surface area (Å²) in [6.07, 6.45) is 0.720. The van der Waals surface area contributed by atoms with Crippen LogP contribution in [0.1, 0.15) is 47.6 Å². The predicted octanol–water partition coefficient (Wildman–Crippen LogP) is 5.88. The fraction of sp³-hybridized carbons (Fsp3) is 0.250. The van der Waals surface area contributed by atoms with Crippen molar-refractivity contribution in [3.8, 4) is 17.6 Å². The average molecular weight is 422 g/mol. The van der Waals surface area contributed by atoms with Crippen LogP contribution in [0.25, 0.3) is 0 Å². The molecule has 1 aromatic heterocycles. The Balaban J connectivity index is 1.82. The van der Waals surface area contributed by atoms with E-state index in [1.165, 1.54) is 0 Å². The van der Waals surface area contributed by atoms with Crippen LogP contribution in [0.3, 0.4) is 0 Å². The molecule has 0 amide bonds. The molecular weight excluding hydrogens is 398 g/mol. The first-order valence-corrected chi connectivity index (χ1v) is 10.6. The van der Waals surface area contributed by atoms with Crippen LogP contribution in [0.15, 0.2) is 59.3 Å². The van der Waals surface area contributed by atoms with E-state index >= 15 is 0 Å². The molecule has 3 rings (SSSR count). The number of carbonyl (C=O) groups is 1. The highest BCUT2D eigenvalue weighted by atomic mass is 32.1. The highest BCUT2D eigenvalue weighted by Gasteiger charge is 2.18. The normalized spacial score (nSPS) is 11.5. The Hall–Kier alpha value is -3.30. The lowest BCUT2D eigenvalue weighted by atomic mass is 9.99. The molecular formula is C24H23NO4S. The highest BCUT2D eigenvalue weighted by molar-refractivity contribution is 7.07. The second-order valence-electron chi connectivity index (χ2n) is 6.94. The van der Waals surface area contributed by atoms with E-state index in [1.807, 2.05) is 48.0 Å². The molecule has 0 aliphatic heterocycles. The van der Waals surface area contributed by atoms with Crippen molar-refractivity contribution in [1.29, 1.82) is 5.26 Å². The van der Waals surface area contributed by atoms with Gasteiger partial charge < -0.3 is 14.6 Å². The zero-order chi connectivity index (χ0) is 21.3. The maximum Gasteiger partial charge on any atom is 0.303 e. The lowest BCUT2D eigenvalue weighted by molar-refractivity contribution is -0.137. The summed E-state index contributed by atoms with van der Waals surface area (Å²) in [5.74, 6) is 0.216. The first-order valence-electron chi connectivity index (χ1n) is 9.69. The molecule has 0 saturated heterocycles. The van der Waals surface area contributed by atoms with Crippen LogP contribution < -0.4 is 9.47 Å². The first kappa shape index (κ1) is 21.4. The summed E-state index contributed by atoms with van der Waals surface area (Å²) in [6.45, 7) is 2.43. The van der Waals surface area contributed by atoms with Crippen molar-refractivity contribution in [2.24, 2.45) is 0 Å². The van der Waals surface area contributed by atoms with Gasteiger partial charge in [0.05, 0.1) is 5.56 Å². The number of ether oxygens (including phenoxy) is 2. The van der Waals surface area contributed by atoms with Gasteiger partial charge in [-0.25, -0.2) is 0 Å². The van der Waals surface area contributed by atoms with Crippen LogP contribution in [0.5, 0.6) is 11.5 Å². The van der Waals surface area contributed by atoms with Crippen molar-refractivity contribution < 1.29 is 19.4 Å². The Kier molecular flexibility index (Phi) is 7.47. The molecule has 0 fully saturated rings. The molecule has 154 valence electrons. The smallest absolute Gasteiger partial charge is 0.303 e. The van der Waals surface area contributed by atoms with Crippen LogP contribution in [0, 0.1) is 18.3 Å². The highest BCUT2D eigenvalue weighted by Crippen LogP contribution is 2.33. The van der Waals surface area contributed by atoms with Gasteiger partial charge in [-0.15, -0.1) is 0 Å². The van der Waals surface area contributed by atoms with Gasteiger partial charge in [-0.05, 0) is 65.4 Å². The molecule has 0 aliphatic carbocycles. The van der Waals surface area contributed by atoms with Crippen LogP contribution >= 0.6 is 11.3 Å². The predicted molar refractivity (Wildman–Crippen MR) is 116 cm³/mol. The van der Waals surface area contributed by atoms with Crippen molar-refractivity contribution >= 4 is 17.3 Å². The van der Waals surface area contributed by atoms with Crippen molar-refractivity contribution in [3.63, 3.8) is 0 Å². The largest absolute Gasteiger partial charge is 0.489 e. The van der Waals surface area contributed by atoms with Gasteiger partial charge >= 0.3 is 5.97 Å². The van der Waals surface area contributed by atoms with E-state index in [4.69, 9.17) is 14.6 Å². The molecule has 0 bridgehead atoms. The fourth-order valence-corrected chi connectivity index (χ4v) is 3.79. The molecule has 0 unspecified atom stereocenters. The number of aryl methyl sites for hydroxylation is 1. The maximum absolute atomic E-state index is 11.0. The van der Waals surface area contributed by atoms with Crippen LogP contribution in [-0.2, 0) is 11.4 Å². The van der Waals surface area contributed by atoms with Gasteiger partial charge in [-0.1, -0.05) is 24.3 Å². The number of carboxylic acid groups (broad SMARTS) is 1. The number of hydrogen-bond acceptors (Lipinski definition) is 5. The number of carboxylic acids is 1. The molecule has 30 heavy (non-hydrogen) atoms. The van der Waals surface area contributed by atoms with E-state index in [-0.39, 0.29) is 12.5 Å². The topological polar surface area (TPSA) is 79.6 Å². The standard InChI is InChI=1S/C24H23NO4S/c1-17-5-2-3-6-21(17)22(7-4-8-24(26)27)29-23-13-20(10-9-19(23)14-25)28-15-18-11-12-30-16-18/h2-3,5-6,9-13,16,22H,4,7-8,15H2,1H3,(H,26,27)/t22-/m0/s1. The van der Waals surface area contributed by atoms with Gasteiger partial charge in [0.2, 0.25) is 0 Å². The Morgan fingerprint density at radius 3 is 2.77 bits per heavy atom. The summed E-state index contributed by atoms with van der Waals surface area (Å²) >= 11 is 1.61. The Morgan fingerprint density at radius 2 is 2.07 bits per heavy atom. The lowest BCUT2D eigenvalue weighted by Crippen LogP contribution is -2.11. The molecule has 0 saturated carbocycles. The minimum Gasteiger partial charge on any atom is -0.489 e. The SMILES string of the molecule is Cc1ccccc1[C@H](CCCC(=O)O)Oc1cc(OCc2ccsc2)ccc1C#N. The number of nitriles is 1. The molecule has 0 aliphatic rings. The third-order valence-electron chi connectivity index (χ3n) is 4.72. The van der Waals surface area contributed by atoms with E-state index in [2.05, 4.69) is 6.07 Å². The van der Waals surface area contributed by atoms with Gasteiger partial charge in [0.15, 0.2) is 0 Å². The number of nitrogens with zero attached hydrogens (tertiary/aromatic N) is 1. The third kappa shape index (κ3) is 5.85. The van der Waals surface area contributed by atoms with Crippen molar-refractivity contribution in [2.75, 3.05) is 0 Å². The molecule has 5 nitrogen and oxygen atoms in total. The zero-order valence-electron chi connectivity index (χ0n) is 16.7.